The summed E-state index contributed by atoms with van der Waals surface area (Å²) in [4.78, 5) is 42.3. The highest BCUT2D eigenvalue weighted by Gasteiger charge is 2.24. The predicted molar refractivity (Wildman–Crippen MR) is 127 cm³/mol. The van der Waals surface area contributed by atoms with Gasteiger partial charge < -0.3 is 10.2 Å². The summed E-state index contributed by atoms with van der Waals surface area (Å²) in [5.74, 6) is -0.950. The molecule has 0 heterocycles. The summed E-state index contributed by atoms with van der Waals surface area (Å²) in [6, 6.07) is 8.72. The molecule has 2 N–H and O–H groups in total. The van der Waals surface area contributed by atoms with E-state index >= 15 is 0 Å². The first-order valence-corrected chi connectivity index (χ1v) is 9.77. The molecular weight excluding hydrogens is 480 g/mol. The fraction of sp³-hybridized carbons (Fsp3) is 0. The van der Waals surface area contributed by atoms with Gasteiger partial charge in [0.05, 0.1) is 48.0 Å². The van der Waals surface area contributed by atoms with Crippen molar-refractivity contribution in [3.05, 3.63) is 111 Å². The molecule has 0 aromatic heterocycles. The molecule has 0 saturated carbocycles. The lowest BCUT2D eigenvalue weighted by Crippen LogP contribution is -1.98. The maximum absolute atomic E-state index is 11.6. The normalized spacial score (nSPS) is 11.1. The van der Waals surface area contributed by atoms with Gasteiger partial charge in [0.2, 0.25) is 0 Å². The second kappa shape index (κ2) is 10.1. The van der Waals surface area contributed by atoms with E-state index in [0.717, 1.165) is 42.5 Å². The number of phenolic OH excluding ortho intramolecular Hbond substituents is 2. The zero-order valence-electron chi connectivity index (χ0n) is 17.9. The van der Waals surface area contributed by atoms with E-state index in [1.54, 1.807) is 0 Å². The van der Waals surface area contributed by atoms with Crippen LogP contribution < -0.4 is 0 Å². The molecule has 0 aliphatic rings. The zero-order valence-corrected chi connectivity index (χ0v) is 17.9. The van der Waals surface area contributed by atoms with E-state index in [2.05, 4.69) is 0 Å². The Morgan fingerprint density at radius 3 is 1.22 bits per heavy atom. The van der Waals surface area contributed by atoms with Gasteiger partial charge in [0.15, 0.2) is 0 Å². The summed E-state index contributed by atoms with van der Waals surface area (Å²) in [6.45, 7) is 0. The number of hydrogen-bond donors (Lipinski definition) is 2. The quantitative estimate of drug-likeness (QED) is 0.241. The van der Waals surface area contributed by atoms with Crippen molar-refractivity contribution in [2.45, 2.75) is 0 Å². The van der Waals surface area contributed by atoms with E-state index in [1.165, 1.54) is 24.3 Å². The zero-order chi connectivity index (χ0) is 26.6. The van der Waals surface area contributed by atoms with Crippen LogP contribution in [0.5, 0.6) is 11.5 Å². The lowest BCUT2D eigenvalue weighted by molar-refractivity contribution is -0.394. The molecule has 14 nitrogen and oxygen atoms in total. The molecule has 0 atom stereocenters. The largest absolute Gasteiger partial charge is 0.507 e. The molecule has 3 aromatic carbocycles. The van der Waals surface area contributed by atoms with E-state index in [9.17, 15) is 50.7 Å². The van der Waals surface area contributed by atoms with Gasteiger partial charge in [-0.1, -0.05) is 12.1 Å². The van der Waals surface area contributed by atoms with Crippen LogP contribution in [0.3, 0.4) is 0 Å². The van der Waals surface area contributed by atoms with E-state index < -0.39 is 53.9 Å². The van der Waals surface area contributed by atoms with Crippen LogP contribution in [0.4, 0.5) is 22.7 Å². The molecule has 0 aliphatic carbocycles. The first-order valence-electron chi connectivity index (χ1n) is 9.77. The first-order chi connectivity index (χ1) is 17.0. The monoisotopic (exact) mass is 494 g/mol. The van der Waals surface area contributed by atoms with Crippen LogP contribution in [0.1, 0.15) is 22.3 Å². The molecule has 0 saturated heterocycles. The maximum atomic E-state index is 11.6. The Labute approximate surface area is 200 Å². The number of phenols is 2. The van der Waals surface area contributed by atoms with Gasteiger partial charge in [0.25, 0.3) is 22.7 Å². The maximum Gasteiger partial charge on any atom is 0.283 e. The van der Waals surface area contributed by atoms with Gasteiger partial charge >= 0.3 is 0 Å². The standard InChI is InChI=1S/C22H14N4O10/c27-21-5-1-3-17(23(29)30)15(21)9-7-13-11-14(20(26(35)36)12-19(13)25(33)34)8-10-16-18(24(31)32)4-2-6-22(16)28/h1-12,27-28H/b9-7-,10-8+. The smallest absolute Gasteiger partial charge is 0.283 e. The van der Waals surface area contributed by atoms with Crippen LogP contribution in [0, 0.1) is 40.5 Å². The Morgan fingerprint density at radius 1 is 0.528 bits per heavy atom. The van der Waals surface area contributed by atoms with Crippen molar-refractivity contribution >= 4 is 47.1 Å². The van der Waals surface area contributed by atoms with Crippen molar-refractivity contribution in [3.8, 4) is 11.5 Å². The lowest BCUT2D eigenvalue weighted by Gasteiger charge is -2.04. The number of nitro benzene ring substituents is 4. The van der Waals surface area contributed by atoms with Gasteiger partial charge in [-0.2, -0.15) is 0 Å². The minimum Gasteiger partial charge on any atom is -0.507 e. The van der Waals surface area contributed by atoms with Gasteiger partial charge in [-0.05, 0) is 42.5 Å². The van der Waals surface area contributed by atoms with Crippen LogP contribution in [0.15, 0.2) is 48.5 Å². The number of nitrogens with zero attached hydrogens (tertiary/aromatic N) is 4. The number of nitro groups is 4. The van der Waals surface area contributed by atoms with Crippen LogP contribution in [-0.4, -0.2) is 29.9 Å². The molecule has 0 bridgehead atoms. The number of benzene rings is 3. The summed E-state index contributed by atoms with van der Waals surface area (Å²) >= 11 is 0. The Kier molecular flexibility index (Phi) is 7.00. The molecule has 0 fully saturated rings. The van der Waals surface area contributed by atoms with Crippen LogP contribution >= 0.6 is 0 Å². The average Bonchev–Trinajstić information content (AvgIpc) is 2.81. The average molecular weight is 494 g/mol. The summed E-state index contributed by atoms with van der Waals surface area (Å²) in [5.41, 5.74) is -3.31. The van der Waals surface area contributed by atoms with Crippen LogP contribution in [0.2, 0.25) is 0 Å². The third-order valence-electron chi connectivity index (χ3n) is 4.94. The highest BCUT2D eigenvalue weighted by atomic mass is 16.6. The van der Waals surface area contributed by atoms with E-state index in [-0.39, 0.29) is 22.3 Å². The lowest BCUT2D eigenvalue weighted by atomic mass is 10.0. The van der Waals surface area contributed by atoms with E-state index in [4.69, 9.17) is 0 Å². The number of aromatic hydroxyl groups is 2. The minimum absolute atomic E-state index is 0.213. The van der Waals surface area contributed by atoms with E-state index in [0.29, 0.717) is 6.07 Å². The number of hydrogen-bond acceptors (Lipinski definition) is 10. The van der Waals surface area contributed by atoms with Crippen molar-refractivity contribution in [1.29, 1.82) is 0 Å². The van der Waals surface area contributed by atoms with Crippen molar-refractivity contribution in [3.63, 3.8) is 0 Å². The van der Waals surface area contributed by atoms with Crippen molar-refractivity contribution in [2.75, 3.05) is 0 Å². The molecule has 36 heavy (non-hydrogen) atoms. The van der Waals surface area contributed by atoms with E-state index in [1.807, 2.05) is 0 Å². The second-order valence-corrected chi connectivity index (χ2v) is 7.08. The summed E-state index contributed by atoms with van der Waals surface area (Å²) < 4.78 is 0. The minimum atomic E-state index is -0.896. The SMILES string of the molecule is O=[N+]([O-])c1cc([N+](=O)[O-])c(/C=C/c2c(O)cccc2[N+](=O)[O-])cc1/C=C\c1c(O)cccc1[N+](=O)[O-]. The molecule has 0 amide bonds. The fourth-order valence-corrected chi connectivity index (χ4v) is 3.28. The molecule has 0 aliphatic heterocycles. The highest BCUT2D eigenvalue weighted by Crippen LogP contribution is 2.35. The van der Waals surface area contributed by atoms with Crippen molar-refractivity contribution in [1.82, 2.24) is 0 Å². The molecule has 182 valence electrons. The molecule has 0 spiro atoms. The molecule has 3 rings (SSSR count). The highest BCUT2D eigenvalue weighted by molar-refractivity contribution is 5.85. The van der Waals surface area contributed by atoms with Gasteiger partial charge in [-0.15, -0.1) is 0 Å². The fourth-order valence-electron chi connectivity index (χ4n) is 3.28. The van der Waals surface area contributed by atoms with Gasteiger partial charge in [-0.25, -0.2) is 0 Å². The molecule has 14 heteroatoms. The van der Waals surface area contributed by atoms with Crippen LogP contribution in [-0.2, 0) is 0 Å². The summed E-state index contributed by atoms with van der Waals surface area (Å²) in [5, 5.41) is 65.7. The second-order valence-electron chi connectivity index (χ2n) is 7.08. The van der Waals surface area contributed by atoms with Gasteiger partial charge in [0, 0.05) is 12.1 Å². The Morgan fingerprint density at radius 2 is 0.889 bits per heavy atom. The van der Waals surface area contributed by atoms with Gasteiger partial charge in [-0.3, -0.25) is 40.5 Å². The Bertz CT molecular complexity index is 1370. The predicted octanol–water partition coefficient (Wildman–Crippen LogP) is 5.07. The summed E-state index contributed by atoms with van der Waals surface area (Å²) in [7, 11) is 0. The molecule has 3 aromatic rings. The van der Waals surface area contributed by atoms with Gasteiger partial charge in [0.1, 0.15) is 11.5 Å². The molecule has 0 radical (unpaired) electrons. The molecular formula is C22H14N4O10. The third-order valence-corrected chi connectivity index (χ3v) is 4.94. The number of rotatable bonds is 8. The van der Waals surface area contributed by atoms with Crippen molar-refractivity contribution in [2.24, 2.45) is 0 Å². The van der Waals surface area contributed by atoms with Crippen LogP contribution in [0.25, 0.3) is 24.3 Å². The van der Waals surface area contributed by atoms with Crippen molar-refractivity contribution < 1.29 is 29.9 Å². The topological polar surface area (TPSA) is 213 Å². The first kappa shape index (κ1) is 25.0. The Balaban J connectivity index is 2.20. The Hall–Kier alpha value is -5.66. The summed E-state index contributed by atoms with van der Waals surface area (Å²) in [6.07, 6.45) is 4.21. The molecule has 0 unspecified atom stereocenters. The third kappa shape index (κ3) is 5.12.